The number of nitrogen functional groups attached to an aromatic ring is 1. The van der Waals surface area contributed by atoms with Crippen molar-refractivity contribution in [1.82, 2.24) is 0 Å². The SMILES string of the molecule is CCCCCCCCCCCCCCCCCCOCCOCCOCCOCCOCCOCCOCCOCCOCCOCCOCCOc1ccc(N)cc1. The van der Waals surface area contributed by atoms with Gasteiger partial charge in [-0.05, 0) is 30.7 Å². The summed E-state index contributed by atoms with van der Waals surface area (Å²) in [6.45, 7) is 14.7. The molecule has 0 aliphatic heterocycles. The van der Waals surface area contributed by atoms with Crippen LogP contribution in [0.25, 0.3) is 0 Å². The van der Waals surface area contributed by atoms with Crippen molar-refractivity contribution in [2.24, 2.45) is 0 Å². The zero-order valence-electron chi connectivity index (χ0n) is 37.4. The second-order valence-corrected chi connectivity index (χ2v) is 14.5. The average molecular weight is 846 g/mol. The third-order valence-corrected chi connectivity index (χ3v) is 9.24. The number of nitrogens with two attached hydrogens (primary N) is 1. The molecule has 0 aromatic heterocycles. The lowest BCUT2D eigenvalue weighted by Crippen LogP contribution is -2.15. The van der Waals surface area contributed by atoms with Gasteiger partial charge in [-0.3, -0.25) is 0 Å². The van der Waals surface area contributed by atoms with Crippen LogP contribution in [0.1, 0.15) is 110 Å². The molecule has 13 heteroatoms. The summed E-state index contributed by atoms with van der Waals surface area (Å²) in [5.41, 5.74) is 6.37. The molecule has 0 saturated carbocycles. The first-order chi connectivity index (χ1) is 29.3. The molecule has 59 heavy (non-hydrogen) atoms. The second kappa shape index (κ2) is 49.0. The van der Waals surface area contributed by atoms with Gasteiger partial charge in [0.25, 0.3) is 0 Å². The molecule has 0 aliphatic rings. The number of hydrogen-bond donors (Lipinski definition) is 1. The molecular weight excluding hydrogens is 759 g/mol. The van der Waals surface area contributed by atoms with Crippen LogP contribution in [-0.2, 0) is 52.1 Å². The Kier molecular flexibility index (Phi) is 46.0. The van der Waals surface area contributed by atoms with Crippen LogP contribution in [0, 0.1) is 0 Å². The van der Waals surface area contributed by atoms with E-state index in [0.29, 0.717) is 151 Å². The largest absolute Gasteiger partial charge is 0.491 e. The Balaban J connectivity index is 1.60. The standard InChI is InChI=1S/C46H87NO12/c1-2-3-4-5-6-7-8-9-10-11-12-13-14-15-16-17-22-48-23-24-49-25-26-50-27-28-51-29-30-52-31-32-53-33-34-54-35-36-55-37-38-56-39-40-57-41-42-58-43-44-59-46-20-18-45(47)19-21-46/h18-21H,2-17,22-44,47H2,1H3. The Morgan fingerprint density at radius 3 is 0.763 bits per heavy atom. The maximum absolute atomic E-state index is 5.70. The summed E-state index contributed by atoms with van der Waals surface area (Å²) in [7, 11) is 0. The normalized spacial score (nSPS) is 11.5. The lowest BCUT2D eigenvalue weighted by atomic mass is 10.0. The molecular formula is C46H87NO12. The van der Waals surface area contributed by atoms with E-state index in [-0.39, 0.29) is 0 Å². The fourth-order valence-corrected chi connectivity index (χ4v) is 5.84. The number of rotatable bonds is 51. The van der Waals surface area contributed by atoms with E-state index in [2.05, 4.69) is 6.92 Å². The fourth-order valence-electron chi connectivity index (χ4n) is 5.84. The molecule has 0 heterocycles. The molecule has 0 fully saturated rings. The van der Waals surface area contributed by atoms with E-state index < -0.39 is 0 Å². The Labute approximate surface area is 359 Å². The van der Waals surface area contributed by atoms with Crippen LogP contribution in [0.5, 0.6) is 5.75 Å². The van der Waals surface area contributed by atoms with Gasteiger partial charge in [0.2, 0.25) is 0 Å². The highest BCUT2D eigenvalue weighted by atomic mass is 16.6. The van der Waals surface area contributed by atoms with Gasteiger partial charge in [-0.25, -0.2) is 0 Å². The fraction of sp³-hybridized carbons (Fsp3) is 0.870. The van der Waals surface area contributed by atoms with Crippen molar-refractivity contribution in [1.29, 1.82) is 0 Å². The molecule has 0 unspecified atom stereocenters. The van der Waals surface area contributed by atoms with Crippen LogP contribution in [0.15, 0.2) is 24.3 Å². The van der Waals surface area contributed by atoms with Crippen molar-refractivity contribution in [2.75, 3.05) is 158 Å². The molecule has 348 valence electrons. The summed E-state index contributed by atoms with van der Waals surface area (Å²) < 4.78 is 66.5. The lowest BCUT2D eigenvalue weighted by Gasteiger charge is -2.09. The topological polar surface area (TPSA) is 137 Å². The van der Waals surface area contributed by atoms with Crippen molar-refractivity contribution in [3.63, 3.8) is 0 Å². The second-order valence-electron chi connectivity index (χ2n) is 14.5. The molecule has 0 amide bonds. The third kappa shape index (κ3) is 45.7. The van der Waals surface area contributed by atoms with Crippen molar-refractivity contribution < 1.29 is 56.8 Å². The molecule has 13 nitrogen and oxygen atoms in total. The van der Waals surface area contributed by atoms with Crippen molar-refractivity contribution in [2.45, 2.75) is 110 Å². The monoisotopic (exact) mass is 846 g/mol. The van der Waals surface area contributed by atoms with E-state index in [1.165, 1.54) is 96.3 Å². The van der Waals surface area contributed by atoms with E-state index in [1.807, 2.05) is 12.1 Å². The maximum atomic E-state index is 5.70. The summed E-state index contributed by atoms with van der Waals surface area (Å²) in [5, 5.41) is 0. The first-order valence-electron chi connectivity index (χ1n) is 23.2. The summed E-state index contributed by atoms with van der Waals surface area (Å²) in [6, 6.07) is 7.28. The van der Waals surface area contributed by atoms with E-state index in [4.69, 9.17) is 62.6 Å². The van der Waals surface area contributed by atoms with Gasteiger partial charge in [0.05, 0.1) is 139 Å². The van der Waals surface area contributed by atoms with Gasteiger partial charge < -0.3 is 62.6 Å². The van der Waals surface area contributed by atoms with Gasteiger partial charge >= 0.3 is 0 Å². The minimum absolute atomic E-state index is 0.477. The van der Waals surface area contributed by atoms with Gasteiger partial charge in [-0.15, -0.1) is 0 Å². The number of hydrogen-bond acceptors (Lipinski definition) is 13. The summed E-state index contributed by atoms with van der Waals surface area (Å²) in [4.78, 5) is 0. The molecule has 2 N–H and O–H groups in total. The van der Waals surface area contributed by atoms with Crippen molar-refractivity contribution >= 4 is 5.69 Å². The smallest absolute Gasteiger partial charge is 0.119 e. The molecule has 0 aliphatic carbocycles. The predicted molar refractivity (Wildman–Crippen MR) is 235 cm³/mol. The van der Waals surface area contributed by atoms with Crippen LogP contribution in [-0.4, -0.2) is 152 Å². The van der Waals surface area contributed by atoms with Crippen molar-refractivity contribution in [3.05, 3.63) is 24.3 Å². The summed E-state index contributed by atoms with van der Waals surface area (Å²) in [6.07, 6.45) is 22.2. The maximum Gasteiger partial charge on any atom is 0.119 e. The number of anilines is 1. The lowest BCUT2D eigenvalue weighted by molar-refractivity contribution is -0.0277. The van der Waals surface area contributed by atoms with Gasteiger partial charge in [-0.1, -0.05) is 103 Å². The highest BCUT2D eigenvalue weighted by Gasteiger charge is 1.99. The van der Waals surface area contributed by atoms with Crippen molar-refractivity contribution in [3.8, 4) is 5.75 Å². The molecule has 1 rings (SSSR count). The zero-order valence-corrected chi connectivity index (χ0v) is 37.4. The minimum Gasteiger partial charge on any atom is -0.491 e. The Bertz CT molecular complexity index is 917. The highest BCUT2D eigenvalue weighted by Crippen LogP contribution is 2.14. The van der Waals surface area contributed by atoms with Gasteiger partial charge in [-0.2, -0.15) is 0 Å². The van der Waals surface area contributed by atoms with Crippen LogP contribution in [0.2, 0.25) is 0 Å². The van der Waals surface area contributed by atoms with Crippen LogP contribution in [0.4, 0.5) is 5.69 Å². The Hall–Kier alpha value is -1.62. The minimum atomic E-state index is 0.477. The van der Waals surface area contributed by atoms with Gasteiger partial charge in [0.15, 0.2) is 0 Å². The molecule has 0 saturated heterocycles. The molecule has 1 aromatic rings. The first-order valence-corrected chi connectivity index (χ1v) is 23.2. The number of unbranched alkanes of at least 4 members (excludes halogenated alkanes) is 15. The third-order valence-electron chi connectivity index (χ3n) is 9.24. The average Bonchev–Trinajstić information content (AvgIpc) is 3.25. The zero-order chi connectivity index (χ0) is 42.0. The van der Waals surface area contributed by atoms with E-state index >= 15 is 0 Å². The Morgan fingerprint density at radius 2 is 0.492 bits per heavy atom. The number of ether oxygens (including phenoxy) is 12. The predicted octanol–water partition coefficient (Wildman–Crippen LogP) is 8.09. The van der Waals surface area contributed by atoms with E-state index in [0.717, 1.165) is 18.8 Å². The van der Waals surface area contributed by atoms with E-state index in [9.17, 15) is 0 Å². The van der Waals surface area contributed by atoms with Gasteiger partial charge in [0, 0.05) is 12.3 Å². The Morgan fingerprint density at radius 1 is 0.271 bits per heavy atom. The molecule has 1 aromatic carbocycles. The number of benzene rings is 1. The molecule has 0 spiro atoms. The summed E-state index contributed by atoms with van der Waals surface area (Å²) in [5.74, 6) is 0.774. The van der Waals surface area contributed by atoms with Crippen LogP contribution in [0.3, 0.4) is 0 Å². The quantitative estimate of drug-likeness (QED) is 0.0500. The van der Waals surface area contributed by atoms with Crippen LogP contribution >= 0.6 is 0 Å². The summed E-state index contributed by atoms with van der Waals surface area (Å²) >= 11 is 0. The first kappa shape index (κ1) is 55.4. The molecule has 0 atom stereocenters. The van der Waals surface area contributed by atoms with E-state index in [1.54, 1.807) is 12.1 Å². The molecule has 0 bridgehead atoms. The molecule has 0 radical (unpaired) electrons. The highest BCUT2D eigenvalue weighted by molar-refractivity contribution is 5.41. The van der Waals surface area contributed by atoms with Crippen LogP contribution < -0.4 is 10.5 Å². The van der Waals surface area contributed by atoms with Gasteiger partial charge in [0.1, 0.15) is 12.4 Å².